The van der Waals surface area contributed by atoms with Gasteiger partial charge in [0.05, 0.1) is 19.3 Å². The maximum atomic E-state index is 11.6. The van der Waals surface area contributed by atoms with Crippen molar-refractivity contribution in [1.29, 1.82) is 0 Å². The van der Waals surface area contributed by atoms with Gasteiger partial charge in [0.25, 0.3) is 0 Å². The van der Waals surface area contributed by atoms with Crippen LogP contribution in [0.1, 0.15) is 12.6 Å². The van der Waals surface area contributed by atoms with Gasteiger partial charge in [-0.05, 0) is 0 Å². The smallest absolute Gasteiger partial charge is 0.354 e. The number of aliphatic hydroxyl groups excluding tert-OH is 5. The molecule has 4 rings (SSSR count). The van der Waals surface area contributed by atoms with Crippen molar-refractivity contribution in [2.75, 3.05) is 25.6 Å². The number of nitrogens with two attached hydrogens (primary N) is 2. The zero-order valence-electron chi connectivity index (χ0n) is 17.2. The second-order valence-electron chi connectivity index (χ2n) is 7.33. The van der Waals surface area contributed by atoms with Crippen molar-refractivity contribution in [3.63, 3.8) is 0 Å². The fourth-order valence-corrected chi connectivity index (χ4v) is 3.37. The fourth-order valence-electron chi connectivity index (χ4n) is 3.37. The van der Waals surface area contributed by atoms with Gasteiger partial charge in [-0.1, -0.05) is 0 Å². The van der Waals surface area contributed by atoms with Gasteiger partial charge in [-0.25, -0.2) is 19.6 Å². The number of rotatable bonds is 4. The molecular formula is C16H26N8O9. The number of carbonyl (C=O) groups excluding carboxylic acids is 1. The van der Waals surface area contributed by atoms with Crippen LogP contribution in [0.2, 0.25) is 0 Å². The average molecular weight is 474 g/mol. The molecule has 1 aromatic rings. The summed E-state index contributed by atoms with van der Waals surface area (Å²) in [4.78, 5) is 35.0. The van der Waals surface area contributed by atoms with E-state index >= 15 is 0 Å². The molecule has 2 unspecified atom stereocenters. The Morgan fingerprint density at radius 1 is 1.09 bits per heavy atom. The highest BCUT2D eigenvalue weighted by Crippen LogP contribution is 2.27. The van der Waals surface area contributed by atoms with E-state index in [1.165, 1.54) is 6.33 Å². The van der Waals surface area contributed by atoms with Crippen LogP contribution < -0.4 is 22.5 Å². The number of hydrogen-bond acceptors (Lipinski definition) is 14. The van der Waals surface area contributed by atoms with Gasteiger partial charge in [-0.15, -0.1) is 0 Å². The maximum absolute atomic E-state index is 11.6. The van der Waals surface area contributed by atoms with Gasteiger partial charge in [-0.2, -0.15) is 4.98 Å². The molecule has 0 radical (unpaired) electrons. The number of ether oxygens (including phenoxy) is 2. The third-order valence-corrected chi connectivity index (χ3v) is 5.15. The lowest BCUT2D eigenvalue weighted by Gasteiger charge is -2.31. The number of nitrogens with zero attached hydrogens (tertiary/aromatic N) is 5. The van der Waals surface area contributed by atoms with Gasteiger partial charge < -0.3 is 46.5 Å². The molecule has 3 aliphatic rings. The van der Waals surface area contributed by atoms with Gasteiger partial charge in [0.2, 0.25) is 5.95 Å². The van der Waals surface area contributed by atoms with Crippen LogP contribution in [-0.2, 0) is 9.47 Å². The summed E-state index contributed by atoms with van der Waals surface area (Å²) < 4.78 is 11.6. The van der Waals surface area contributed by atoms with Crippen LogP contribution in [0.3, 0.4) is 0 Å². The van der Waals surface area contributed by atoms with Crippen LogP contribution in [0.15, 0.2) is 16.1 Å². The number of amides is 2. The van der Waals surface area contributed by atoms with Crippen LogP contribution >= 0.6 is 0 Å². The van der Waals surface area contributed by atoms with Crippen molar-refractivity contribution >= 4 is 17.9 Å². The number of urea groups is 1. The molecule has 0 aromatic carbocycles. The molecule has 2 saturated heterocycles. The van der Waals surface area contributed by atoms with Crippen molar-refractivity contribution < 1.29 is 39.8 Å². The largest absolute Gasteiger partial charge is 0.394 e. The molecule has 1 aromatic heterocycles. The summed E-state index contributed by atoms with van der Waals surface area (Å²) in [7, 11) is 0. The Morgan fingerprint density at radius 2 is 1.79 bits per heavy atom. The predicted molar refractivity (Wildman–Crippen MR) is 107 cm³/mol. The van der Waals surface area contributed by atoms with E-state index in [1.807, 2.05) is 0 Å². The first-order valence-corrected chi connectivity index (χ1v) is 9.81. The second kappa shape index (κ2) is 10.3. The molecule has 184 valence electrons. The van der Waals surface area contributed by atoms with E-state index in [-0.39, 0.29) is 31.6 Å². The van der Waals surface area contributed by atoms with E-state index in [4.69, 9.17) is 31.2 Å². The molecule has 0 saturated carbocycles. The number of guanidine groups is 1. The summed E-state index contributed by atoms with van der Waals surface area (Å²) in [5.41, 5.74) is 9.95. The van der Waals surface area contributed by atoms with Gasteiger partial charge >= 0.3 is 11.7 Å². The van der Waals surface area contributed by atoms with Crippen molar-refractivity contribution in [3.05, 3.63) is 16.8 Å². The first-order valence-electron chi connectivity index (χ1n) is 9.81. The average Bonchev–Trinajstić information content (AvgIpc) is 3.28. The highest BCUT2D eigenvalue weighted by Gasteiger charge is 2.47. The molecule has 3 aliphatic heterocycles. The van der Waals surface area contributed by atoms with E-state index in [1.54, 1.807) is 0 Å². The normalized spacial score (nSPS) is 33.8. The summed E-state index contributed by atoms with van der Waals surface area (Å²) in [5, 5.41) is 48.8. The van der Waals surface area contributed by atoms with Gasteiger partial charge in [0.1, 0.15) is 43.6 Å². The third-order valence-electron chi connectivity index (χ3n) is 5.15. The number of anilines is 1. The summed E-state index contributed by atoms with van der Waals surface area (Å²) in [6.45, 7) is -0.831. The molecule has 2 amide bonds. The Bertz CT molecular complexity index is 929. The highest BCUT2D eigenvalue weighted by molar-refractivity contribution is 5.96. The minimum absolute atomic E-state index is 0.0157. The van der Waals surface area contributed by atoms with Gasteiger partial charge in [0, 0.05) is 6.42 Å². The monoisotopic (exact) mass is 474 g/mol. The SMILES string of the molecule is NC1=NCN([C@@H]2O[C@H](CO)C(O)[C@@H]2O)C(=O)N1.Nc1ncn([C@H]2CC(O)[C@@H](CO)O2)c(=O)n1. The molecule has 10 N–H and O–H groups in total. The summed E-state index contributed by atoms with van der Waals surface area (Å²) in [6.07, 6.45) is -5.27. The summed E-state index contributed by atoms with van der Waals surface area (Å²) in [6, 6.07) is -0.577. The zero-order valence-corrected chi connectivity index (χ0v) is 17.2. The van der Waals surface area contributed by atoms with E-state index < -0.39 is 61.3 Å². The van der Waals surface area contributed by atoms with Crippen molar-refractivity contribution in [2.45, 2.75) is 49.4 Å². The Morgan fingerprint density at radius 3 is 2.33 bits per heavy atom. The number of aromatic nitrogens is 3. The van der Waals surface area contributed by atoms with Crippen molar-refractivity contribution in [2.24, 2.45) is 10.7 Å². The van der Waals surface area contributed by atoms with E-state index in [9.17, 15) is 24.9 Å². The standard InChI is InChI=1S/C8H14N4O5.C8H12N4O4/c9-7-10-2-12(8(16)11-7)6-5(15)4(14)3(1-13)17-6;9-7-10-3-12(8(15)11-7)6-1-4(14)5(2-13)16-6/h3-6,13-15H,1-2H2,(H3,9,10,11,16);3-6,13-14H,1-2H2,(H2,9,11,15)/t3-,4?,5+,6-;4?,5-,6-/m11/s1. The van der Waals surface area contributed by atoms with Crippen molar-refractivity contribution in [3.8, 4) is 0 Å². The lowest BCUT2D eigenvalue weighted by molar-refractivity contribution is -0.0787. The number of carbonyl (C=O) groups is 1. The van der Waals surface area contributed by atoms with Crippen LogP contribution in [0.25, 0.3) is 0 Å². The molecule has 2 fully saturated rings. The fraction of sp³-hybridized carbons (Fsp3) is 0.688. The van der Waals surface area contributed by atoms with Crippen LogP contribution in [-0.4, -0.2) is 114 Å². The number of nitrogens with one attached hydrogen (secondary N) is 1. The minimum Gasteiger partial charge on any atom is -0.394 e. The van der Waals surface area contributed by atoms with Crippen molar-refractivity contribution in [1.82, 2.24) is 24.8 Å². The van der Waals surface area contributed by atoms with E-state index in [0.29, 0.717) is 0 Å². The van der Waals surface area contributed by atoms with E-state index in [2.05, 4.69) is 20.3 Å². The predicted octanol–water partition coefficient (Wildman–Crippen LogP) is -5.42. The Hall–Kier alpha value is -2.93. The Balaban J connectivity index is 0.000000186. The topological polar surface area (TPSA) is 264 Å². The quantitative estimate of drug-likeness (QED) is 0.203. The molecule has 17 nitrogen and oxygen atoms in total. The first-order chi connectivity index (χ1) is 15.7. The summed E-state index contributed by atoms with van der Waals surface area (Å²) >= 11 is 0. The molecular weight excluding hydrogens is 448 g/mol. The number of hydrogen-bond donors (Lipinski definition) is 8. The van der Waals surface area contributed by atoms with Crippen LogP contribution in [0, 0.1) is 0 Å². The highest BCUT2D eigenvalue weighted by atomic mass is 16.6. The third kappa shape index (κ3) is 5.36. The Labute approximate surface area is 185 Å². The van der Waals surface area contributed by atoms with E-state index in [0.717, 1.165) is 9.47 Å². The molecule has 0 aliphatic carbocycles. The minimum atomic E-state index is -1.30. The van der Waals surface area contributed by atoms with Gasteiger partial charge in [-0.3, -0.25) is 14.8 Å². The maximum Gasteiger partial charge on any atom is 0.354 e. The molecule has 0 spiro atoms. The number of nitrogen functional groups attached to an aromatic ring is 1. The first kappa shape index (κ1) is 24.7. The van der Waals surface area contributed by atoms with Gasteiger partial charge in [0.15, 0.2) is 12.2 Å². The number of aliphatic hydroxyl groups is 5. The van der Waals surface area contributed by atoms with Crippen LogP contribution in [0.5, 0.6) is 0 Å². The molecule has 4 heterocycles. The second-order valence-corrected chi connectivity index (χ2v) is 7.33. The molecule has 33 heavy (non-hydrogen) atoms. The summed E-state index contributed by atoms with van der Waals surface area (Å²) in [5.74, 6) is -0.128. The molecule has 7 atom stereocenters. The molecule has 17 heteroatoms. The lowest BCUT2D eigenvalue weighted by Crippen LogP contribution is -2.56. The van der Waals surface area contributed by atoms with Crippen LogP contribution in [0.4, 0.5) is 10.7 Å². The Kier molecular flexibility index (Phi) is 7.74. The lowest BCUT2D eigenvalue weighted by atomic mass is 10.1. The number of aliphatic imine (C=N–C) groups is 1. The molecule has 0 bridgehead atoms. The zero-order chi connectivity index (χ0) is 24.3.